The zero-order chi connectivity index (χ0) is 34.7. The minimum Gasteiger partial charge on any atom is -0.872 e. The van der Waals surface area contributed by atoms with Crippen molar-refractivity contribution in [3.8, 4) is 11.5 Å². The van der Waals surface area contributed by atoms with Crippen LogP contribution in [0.3, 0.4) is 0 Å². The van der Waals surface area contributed by atoms with Crippen LogP contribution in [0.4, 0.5) is 0 Å². The van der Waals surface area contributed by atoms with Crippen LogP contribution in [0.5, 0.6) is 11.5 Å². The second-order valence-corrected chi connectivity index (χ2v) is 18.4. The molecular formula is C38H67AlBNaO3. The van der Waals surface area contributed by atoms with Crippen LogP contribution < -0.4 is 39.8 Å². The van der Waals surface area contributed by atoms with Crippen molar-refractivity contribution < 1.29 is 44.8 Å². The summed E-state index contributed by atoms with van der Waals surface area (Å²) in [6.07, 6.45) is 0. The van der Waals surface area contributed by atoms with Crippen LogP contribution in [0.25, 0.3) is 0 Å². The maximum Gasteiger partial charge on any atom is 1.00 e. The molecule has 0 unspecified atom stereocenters. The Hall–Kier alpha value is -0.403. The van der Waals surface area contributed by atoms with Gasteiger partial charge >= 0.3 is 94.9 Å². The molecule has 0 aliphatic heterocycles. The maximum absolute atomic E-state index is 12.4. The first-order chi connectivity index (χ1) is 19.2. The zero-order valence-electron chi connectivity index (χ0n) is 32.7. The van der Waals surface area contributed by atoms with Gasteiger partial charge in [-0.3, -0.25) is 0 Å². The molecule has 0 aliphatic rings. The average molecular weight is 633 g/mol. The van der Waals surface area contributed by atoms with E-state index in [2.05, 4.69) is 125 Å². The summed E-state index contributed by atoms with van der Waals surface area (Å²) in [7, 11) is 1.00. The first-order valence-corrected chi connectivity index (χ1v) is 17.7. The van der Waals surface area contributed by atoms with E-state index in [0.29, 0.717) is 0 Å². The van der Waals surface area contributed by atoms with E-state index >= 15 is 0 Å². The molecule has 0 atom stereocenters. The Morgan fingerprint density at radius 3 is 0.864 bits per heavy atom. The minimum absolute atomic E-state index is 0. The van der Waals surface area contributed by atoms with Crippen molar-refractivity contribution in [2.45, 2.75) is 157 Å². The molecule has 44 heavy (non-hydrogen) atoms. The number of rotatable bonds is 4. The third kappa shape index (κ3) is 18.1. The summed E-state index contributed by atoms with van der Waals surface area (Å²) in [6.45, 7) is 38.5. The molecule has 2 aromatic carbocycles. The van der Waals surface area contributed by atoms with Gasteiger partial charge in [-0.15, -0.1) is 11.5 Å². The molecule has 0 amide bonds. The quantitative estimate of drug-likeness (QED) is 0.440. The van der Waals surface area contributed by atoms with Crippen LogP contribution in [-0.4, -0.2) is 28.3 Å². The first-order valence-electron chi connectivity index (χ1n) is 16.1. The van der Waals surface area contributed by atoms with E-state index in [9.17, 15) is 10.2 Å². The second-order valence-electron chi connectivity index (χ2n) is 16.9. The molecule has 0 saturated heterocycles. The SMILES string of the molecule is BO.CC(C)[CH2][Al+][CH2]C(C)C.Cc1cc(C(C)(C)C)c([O-])c(C(C)(C)C)c1.Cc1cc(C(C)(C)C)c([O-])c(C(C)(C)C)c1.[Na+]. The predicted octanol–water partition coefficient (Wildman–Crippen LogP) is 5.70. The number of aryl methyl sites for hydroxylation is 2. The van der Waals surface area contributed by atoms with Crippen LogP contribution in [0.15, 0.2) is 24.3 Å². The third-order valence-corrected chi connectivity index (χ3v) is 9.53. The first kappa shape index (κ1) is 48.0. The molecular weight excluding hydrogens is 565 g/mol. The standard InChI is InChI=1S/2C15H24O.2C4H9.Al.BH3O.Na/c2*1-10-8-11(14(2,3)4)13(16)12(9-10)15(5,6)7;2*1-4(2)3;;1-2;/h2*8-9,16H,1-7H3;2*4H,1H2,2-3H3;;2H,1H2;/q;;;;+1;;+1/p-2. The molecule has 0 saturated carbocycles. The molecule has 0 radical (unpaired) electrons. The van der Waals surface area contributed by atoms with E-state index in [1.165, 1.54) is 21.7 Å². The normalized spacial score (nSPS) is 11.7. The van der Waals surface area contributed by atoms with Crippen molar-refractivity contribution in [1.29, 1.82) is 0 Å². The summed E-state index contributed by atoms with van der Waals surface area (Å²) in [5.74, 6) is 2.29. The molecule has 0 aliphatic carbocycles. The van der Waals surface area contributed by atoms with Gasteiger partial charge in [0.15, 0.2) is 0 Å². The van der Waals surface area contributed by atoms with Crippen LogP contribution in [-0.2, 0) is 21.7 Å². The van der Waals surface area contributed by atoms with Gasteiger partial charge in [-0.05, 0) is 57.8 Å². The van der Waals surface area contributed by atoms with Gasteiger partial charge < -0.3 is 15.2 Å². The number of hydrogen-bond acceptors (Lipinski definition) is 3. The Kier molecular flexibility index (Phi) is 21.9. The van der Waals surface area contributed by atoms with Crippen molar-refractivity contribution in [2.24, 2.45) is 11.8 Å². The Balaban J connectivity index is -0.000000572. The fraction of sp³-hybridized carbons (Fsp3) is 0.684. The largest absolute Gasteiger partial charge is 1.00 e. The van der Waals surface area contributed by atoms with E-state index < -0.39 is 0 Å². The van der Waals surface area contributed by atoms with Crippen LogP contribution >= 0.6 is 0 Å². The summed E-state index contributed by atoms with van der Waals surface area (Å²) in [5, 5.41) is 34.8. The molecule has 0 bridgehead atoms. The second kappa shape index (κ2) is 20.1. The molecule has 2 aromatic rings. The van der Waals surface area contributed by atoms with Gasteiger partial charge in [0, 0.05) is 0 Å². The van der Waals surface area contributed by atoms with Gasteiger partial charge in [-0.25, -0.2) is 0 Å². The fourth-order valence-corrected chi connectivity index (χ4v) is 6.06. The summed E-state index contributed by atoms with van der Waals surface area (Å²) in [4.78, 5) is 0. The summed E-state index contributed by atoms with van der Waals surface area (Å²) in [5.41, 5.74) is 5.74. The van der Waals surface area contributed by atoms with E-state index in [-0.39, 0.29) is 62.7 Å². The van der Waals surface area contributed by atoms with Gasteiger partial charge in [0.2, 0.25) is 0 Å². The fourth-order valence-electron chi connectivity index (χ4n) is 4.54. The number of benzene rings is 2. The maximum atomic E-state index is 12.4. The Morgan fingerprint density at radius 1 is 0.545 bits per heavy atom. The molecule has 1 N–H and O–H groups in total. The molecule has 0 aromatic heterocycles. The van der Waals surface area contributed by atoms with Crippen molar-refractivity contribution in [3.63, 3.8) is 0 Å². The van der Waals surface area contributed by atoms with Gasteiger partial charge in [-0.1, -0.05) is 118 Å². The van der Waals surface area contributed by atoms with Crippen LogP contribution in [0.1, 0.15) is 144 Å². The Bertz CT molecular complexity index is 942. The third-order valence-electron chi connectivity index (χ3n) is 6.97. The van der Waals surface area contributed by atoms with E-state index in [1.54, 1.807) is 0 Å². The smallest absolute Gasteiger partial charge is 0.872 e. The Morgan fingerprint density at radius 2 is 0.727 bits per heavy atom. The van der Waals surface area contributed by atoms with Crippen molar-refractivity contribution in [2.75, 3.05) is 0 Å². The van der Waals surface area contributed by atoms with Gasteiger partial charge in [0.25, 0.3) is 8.05 Å². The van der Waals surface area contributed by atoms with Gasteiger partial charge in [-0.2, -0.15) is 0 Å². The molecule has 3 nitrogen and oxygen atoms in total. The molecule has 0 spiro atoms. The summed E-state index contributed by atoms with van der Waals surface area (Å²) < 4.78 is 0. The monoisotopic (exact) mass is 632 g/mol. The molecule has 6 heteroatoms. The van der Waals surface area contributed by atoms with E-state index in [0.717, 1.165) is 57.4 Å². The molecule has 244 valence electrons. The van der Waals surface area contributed by atoms with Gasteiger partial charge in [0.1, 0.15) is 0 Å². The molecule has 0 heterocycles. The van der Waals surface area contributed by atoms with E-state index in [1.807, 2.05) is 24.3 Å². The molecule has 2 rings (SSSR count). The van der Waals surface area contributed by atoms with Crippen molar-refractivity contribution in [3.05, 3.63) is 57.6 Å². The van der Waals surface area contributed by atoms with Crippen molar-refractivity contribution >= 4 is 23.3 Å². The van der Waals surface area contributed by atoms with Crippen molar-refractivity contribution in [1.82, 2.24) is 0 Å². The minimum atomic E-state index is -0.0803. The summed E-state index contributed by atoms with van der Waals surface area (Å²) >= 11 is 0.755. The zero-order valence-corrected chi connectivity index (χ0v) is 35.9. The topological polar surface area (TPSA) is 66.3 Å². The molecule has 0 fully saturated rings. The predicted molar refractivity (Wildman–Crippen MR) is 192 cm³/mol. The number of hydrogen-bond donors (Lipinski definition) is 1. The van der Waals surface area contributed by atoms with Crippen LogP contribution in [0.2, 0.25) is 10.6 Å². The average Bonchev–Trinajstić information content (AvgIpc) is 2.80. The van der Waals surface area contributed by atoms with E-state index in [4.69, 9.17) is 5.02 Å². The Labute approximate surface area is 303 Å². The van der Waals surface area contributed by atoms with Crippen LogP contribution in [0, 0.1) is 25.7 Å². The van der Waals surface area contributed by atoms with Gasteiger partial charge in [0.05, 0.1) is 0 Å². The summed E-state index contributed by atoms with van der Waals surface area (Å²) in [6, 6.07) is 8.10.